The van der Waals surface area contributed by atoms with E-state index in [1.54, 1.807) is 12.3 Å². The van der Waals surface area contributed by atoms with E-state index in [-0.39, 0.29) is 12.2 Å². The highest BCUT2D eigenvalue weighted by molar-refractivity contribution is 5.82. The van der Waals surface area contributed by atoms with Crippen LogP contribution in [-0.4, -0.2) is 17.6 Å². The molecule has 0 atom stereocenters. The molecule has 5 heteroatoms. The van der Waals surface area contributed by atoms with E-state index in [1.807, 2.05) is 48.5 Å². The first kappa shape index (κ1) is 17.3. The van der Waals surface area contributed by atoms with Gasteiger partial charge >= 0.3 is 6.09 Å². The number of hydrogen-bond donors (Lipinski definition) is 2. The number of aromatic amines is 1. The smallest absolute Gasteiger partial charge is 0.407 e. The minimum absolute atomic E-state index is 0.138. The highest BCUT2D eigenvalue weighted by Gasteiger charge is 2.00. The zero-order valence-corrected chi connectivity index (χ0v) is 14.1. The maximum atomic E-state index is 11.6. The van der Waals surface area contributed by atoms with Crippen LogP contribution >= 0.6 is 0 Å². The maximum absolute atomic E-state index is 11.6. The SMILES string of the molecule is O=C(NCCC#Cc1ccc2c[nH]c(=O)cc2c1)OCc1ccccc1. The number of amides is 1. The summed E-state index contributed by atoms with van der Waals surface area (Å²) in [6.45, 7) is 0.655. The third-order valence-corrected chi connectivity index (χ3v) is 3.71. The fourth-order valence-electron chi connectivity index (χ4n) is 2.41. The normalized spacial score (nSPS) is 10.0. The molecular formula is C21H18N2O3. The summed E-state index contributed by atoms with van der Waals surface area (Å²) in [5, 5.41) is 4.47. The van der Waals surface area contributed by atoms with E-state index in [1.165, 1.54) is 0 Å². The van der Waals surface area contributed by atoms with Crippen LogP contribution in [-0.2, 0) is 11.3 Å². The van der Waals surface area contributed by atoms with Crippen LogP contribution in [0.5, 0.6) is 0 Å². The lowest BCUT2D eigenvalue weighted by Crippen LogP contribution is -2.24. The van der Waals surface area contributed by atoms with Crippen molar-refractivity contribution in [2.24, 2.45) is 0 Å². The highest BCUT2D eigenvalue weighted by atomic mass is 16.5. The van der Waals surface area contributed by atoms with Gasteiger partial charge in [0.2, 0.25) is 5.56 Å². The number of carbonyl (C=O) groups excluding carboxylic acids is 1. The van der Waals surface area contributed by atoms with Crippen LogP contribution < -0.4 is 10.9 Å². The fourth-order valence-corrected chi connectivity index (χ4v) is 2.41. The predicted molar refractivity (Wildman–Crippen MR) is 101 cm³/mol. The van der Waals surface area contributed by atoms with Crippen molar-refractivity contribution in [2.45, 2.75) is 13.0 Å². The van der Waals surface area contributed by atoms with E-state index >= 15 is 0 Å². The molecule has 2 aromatic carbocycles. The summed E-state index contributed by atoms with van der Waals surface area (Å²) in [6, 6.07) is 16.7. The first-order valence-electron chi connectivity index (χ1n) is 8.27. The standard InChI is InChI=1S/C21H18N2O3/c24-20-13-19-12-16(9-10-18(19)14-23-20)6-4-5-11-22-21(25)26-15-17-7-2-1-3-8-17/h1-3,7-10,12-14H,5,11,15H2,(H,22,25)(H,23,24). The molecule has 5 nitrogen and oxygen atoms in total. The number of benzene rings is 2. The van der Waals surface area contributed by atoms with E-state index in [2.05, 4.69) is 22.1 Å². The molecule has 3 rings (SSSR count). The predicted octanol–water partition coefficient (Wildman–Crippen LogP) is 3.20. The second-order valence-corrected chi connectivity index (χ2v) is 5.68. The van der Waals surface area contributed by atoms with Crippen molar-refractivity contribution in [1.29, 1.82) is 0 Å². The van der Waals surface area contributed by atoms with Gasteiger partial charge in [-0.1, -0.05) is 48.2 Å². The van der Waals surface area contributed by atoms with Crippen LogP contribution in [0, 0.1) is 11.8 Å². The minimum Gasteiger partial charge on any atom is -0.445 e. The topological polar surface area (TPSA) is 71.2 Å². The molecule has 26 heavy (non-hydrogen) atoms. The molecule has 1 aromatic heterocycles. The molecule has 1 heterocycles. The number of hydrogen-bond acceptors (Lipinski definition) is 3. The van der Waals surface area contributed by atoms with E-state index in [9.17, 15) is 9.59 Å². The summed E-state index contributed by atoms with van der Waals surface area (Å²) in [7, 11) is 0. The Hall–Kier alpha value is -3.52. The van der Waals surface area contributed by atoms with Gasteiger partial charge in [-0.25, -0.2) is 4.79 Å². The number of H-pyrrole nitrogens is 1. The zero-order chi connectivity index (χ0) is 18.2. The number of alkyl carbamates (subject to hydrolysis) is 1. The molecular weight excluding hydrogens is 328 g/mol. The zero-order valence-electron chi connectivity index (χ0n) is 14.1. The fraction of sp³-hybridized carbons (Fsp3) is 0.143. The third-order valence-electron chi connectivity index (χ3n) is 3.71. The summed E-state index contributed by atoms with van der Waals surface area (Å²) in [6.07, 6.45) is 1.73. The van der Waals surface area contributed by atoms with E-state index in [0.717, 1.165) is 21.9 Å². The number of aromatic nitrogens is 1. The molecule has 0 aliphatic heterocycles. The Bertz CT molecular complexity index is 1010. The lowest BCUT2D eigenvalue weighted by atomic mass is 10.1. The van der Waals surface area contributed by atoms with Crippen molar-refractivity contribution in [3.8, 4) is 11.8 Å². The second-order valence-electron chi connectivity index (χ2n) is 5.68. The van der Waals surface area contributed by atoms with Crippen molar-refractivity contribution in [1.82, 2.24) is 10.3 Å². The van der Waals surface area contributed by atoms with Gasteiger partial charge < -0.3 is 15.0 Å². The Balaban J connectivity index is 1.45. The lowest BCUT2D eigenvalue weighted by molar-refractivity contribution is 0.140. The summed E-state index contributed by atoms with van der Waals surface area (Å²) in [4.78, 5) is 25.6. The summed E-state index contributed by atoms with van der Waals surface area (Å²) >= 11 is 0. The molecule has 0 aliphatic carbocycles. The van der Waals surface area contributed by atoms with Gasteiger partial charge in [-0.2, -0.15) is 0 Å². The van der Waals surface area contributed by atoms with Gasteiger partial charge in [0, 0.05) is 30.8 Å². The van der Waals surface area contributed by atoms with Crippen LogP contribution in [0.25, 0.3) is 10.8 Å². The largest absolute Gasteiger partial charge is 0.445 e. The molecule has 1 amide bonds. The van der Waals surface area contributed by atoms with Gasteiger partial charge in [-0.3, -0.25) is 4.79 Å². The second kappa shape index (κ2) is 8.54. The number of nitrogens with one attached hydrogen (secondary N) is 2. The molecule has 130 valence electrons. The molecule has 0 saturated carbocycles. The molecule has 2 N–H and O–H groups in total. The van der Waals surface area contributed by atoms with Crippen LogP contribution in [0.4, 0.5) is 4.79 Å². The first-order chi connectivity index (χ1) is 12.7. The van der Waals surface area contributed by atoms with Gasteiger partial charge in [0.05, 0.1) is 0 Å². The van der Waals surface area contributed by atoms with Gasteiger partial charge in [0.25, 0.3) is 0 Å². The number of fused-ring (bicyclic) bond motifs is 1. The van der Waals surface area contributed by atoms with Crippen LogP contribution in [0.3, 0.4) is 0 Å². The first-order valence-corrected chi connectivity index (χ1v) is 8.27. The third kappa shape index (κ3) is 4.99. The number of ether oxygens (including phenoxy) is 1. The average Bonchev–Trinajstić information content (AvgIpc) is 2.66. The Labute approximate surface area is 151 Å². The van der Waals surface area contributed by atoms with E-state index in [4.69, 9.17) is 4.74 Å². The van der Waals surface area contributed by atoms with Crippen LogP contribution in [0.1, 0.15) is 17.5 Å². The van der Waals surface area contributed by atoms with Crippen molar-refractivity contribution >= 4 is 16.9 Å². The molecule has 0 unspecified atom stereocenters. The van der Waals surface area contributed by atoms with Gasteiger partial charge in [0.15, 0.2) is 0 Å². The molecule has 0 fully saturated rings. The monoisotopic (exact) mass is 346 g/mol. The number of rotatable bonds is 4. The van der Waals surface area contributed by atoms with Crippen molar-refractivity contribution in [2.75, 3.05) is 6.54 Å². The molecule has 0 saturated heterocycles. The quantitative estimate of drug-likeness (QED) is 0.563. The molecule has 0 radical (unpaired) electrons. The summed E-state index contributed by atoms with van der Waals surface area (Å²) < 4.78 is 5.12. The van der Waals surface area contributed by atoms with Crippen LogP contribution in [0.15, 0.2) is 65.6 Å². The van der Waals surface area contributed by atoms with Crippen molar-refractivity contribution in [3.63, 3.8) is 0 Å². The lowest BCUT2D eigenvalue weighted by Gasteiger charge is -2.05. The Morgan fingerprint density at radius 1 is 1.08 bits per heavy atom. The molecule has 0 aliphatic rings. The van der Waals surface area contributed by atoms with Gasteiger partial charge in [0.1, 0.15) is 6.61 Å². The molecule has 0 spiro atoms. The van der Waals surface area contributed by atoms with Crippen molar-refractivity contribution < 1.29 is 9.53 Å². The highest BCUT2D eigenvalue weighted by Crippen LogP contribution is 2.12. The van der Waals surface area contributed by atoms with Crippen molar-refractivity contribution in [3.05, 3.63) is 82.3 Å². The number of pyridine rings is 1. The Morgan fingerprint density at radius 3 is 2.77 bits per heavy atom. The van der Waals surface area contributed by atoms with Crippen LogP contribution in [0.2, 0.25) is 0 Å². The van der Waals surface area contributed by atoms with E-state index < -0.39 is 6.09 Å². The van der Waals surface area contributed by atoms with Gasteiger partial charge in [-0.05, 0) is 28.5 Å². The molecule has 3 aromatic rings. The van der Waals surface area contributed by atoms with E-state index in [0.29, 0.717) is 13.0 Å². The molecule has 0 bridgehead atoms. The Morgan fingerprint density at radius 2 is 1.92 bits per heavy atom. The summed E-state index contributed by atoms with van der Waals surface area (Å²) in [5.41, 5.74) is 1.63. The minimum atomic E-state index is -0.458. The van der Waals surface area contributed by atoms with Gasteiger partial charge in [-0.15, -0.1) is 0 Å². The number of carbonyl (C=O) groups is 1. The average molecular weight is 346 g/mol. The Kier molecular flexibility index (Phi) is 5.69. The maximum Gasteiger partial charge on any atom is 0.407 e. The summed E-state index contributed by atoms with van der Waals surface area (Å²) in [5.74, 6) is 6.04.